The van der Waals surface area contributed by atoms with Crippen molar-refractivity contribution in [2.24, 2.45) is 0 Å². The van der Waals surface area contributed by atoms with Gasteiger partial charge in [0.25, 0.3) is 0 Å². The Morgan fingerprint density at radius 1 is 1.14 bits per heavy atom. The molecule has 14 heavy (non-hydrogen) atoms. The average Bonchev–Trinajstić information content (AvgIpc) is 2.16. The van der Waals surface area contributed by atoms with E-state index in [1.807, 2.05) is 13.8 Å². The van der Waals surface area contributed by atoms with Gasteiger partial charge in [0.1, 0.15) is 10.4 Å². The van der Waals surface area contributed by atoms with Crippen molar-refractivity contribution in [1.82, 2.24) is 9.97 Å². The van der Waals surface area contributed by atoms with Crippen molar-refractivity contribution in [3.63, 3.8) is 0 Å². The van der Waals surface area contributed by atoms with Crippen LogP contribution in [0.1, 0.15) is 49.7 Å². The standard InChI is InChI=1S/C11H17BrN2/c1-5-9(6-2)11-13-8(4)7(3)10(12)14-11/h9H,5-6H2,1-4H3. The van der Waals surface area contributed by atoms with Gasteiger partial charge in [-0.3, -0.25) is 0 Å². The summed E-state index contributed by atoms with van der Waals surface area (Å²) < 4.78 is 0.937. The van der Waals surface area contributed by atoms with Crippen LogP contribution in [0, 0.1) is 13.8 Å². The molecule has 1 rings (SSSR count). The molecular weight excluding hydrogens is 240 g/mol. The third-order valence-corrected chi connectivity index (χ3v) is 3.47. The van der Waals surface area contributed by atoms with Crippen LogP contribution < -0.4 is 0 Å². The number of halogens is 1. The summed E-state index contributed by atoms with van der Waals surface area (Å²) in [7, 11) is 0. The van der Waals surface area contributed by atoms with E-state index in [-0.39, 0.29) is 0 Å². The van der Waals surface area contributed by atoms with Gasteiger partial charge < -0.3 is 0 Å². The van der Waals surface area contributed by atoms with Gasteiger partial charge in [0, 0.05) is 17.2 Å². The lowest BCUT2D eigenvalue weighted by molar-refractivity contribution is 0.596. The summed E-state index contributed by atoms with van der Waals surface area (Å²) in [6.45, 7) is 8.44. The minimum absolute atomic E-state index is 0.491. The average molecular weight is 257 g/mol. The third-order valence-electron chi connectivity index (χ3n) is 2.70. The first-order valence-corrected chi connectivity index (χ1v) is 5.90. The molecule has 0 atom stereocenters. The Morgan fingerprint density at radius 2 is 1.71 bits per heavy atom. The van der Waals surface area contributed by atoms with Crippen LogP contribution in [0.4, 0.5) is 0 Å². The summed E-state index contributed by atoms with van der Waals surface area (Å²) in [4.78, 5) is 9.02. The maximum absolute atomic E-state index is 4.53. The highest BCUT2D eigenvalue weighted by molar-refractivity contribution is 9.10. The van der Waals surface area contributed by atoms with Crippen LogP contribution >= 0.6 is 15.9 Å². The summed E-state index contributed by atoms with van der Waals surface area (Å²) >= 11 is 3.47. The zero-order chi connectivity index (χ0) is 10.7. The van der Waals surface area contributed by atoms with Crippen LogP contribution in [0.3, 0.4) is 0 Å². The maximum atomic E-state index is 4.53. The van der Waals surface area contributed by atoms with Crippen LogP contribution in [0.2, 0.25) is 0 Å². The Balaban J connectivity index is 3.11. The second-order valence-electron chi connectivity index (χ2n) is 3.60. The molecule has 0 fully saturated rings. The van der Waals surface area contributed by atoms with Crippen molar-refractivity contribution >= 4 is 15.9 Å². The summed E-state index contributed by atoms with van der Waals surface area (Å²) in [5, 5.41) is 0. The lowest BCUT2D eigenvalue weighted by Crippen LogP contribution is -2.06. The highest BCUT2D eigenvalue weighted by atomic mass is 79.9. The molecular formula is C11H17BrN2. The van der Waals surface area contributed by atoms with Crippen LogP contribution in [0.25, 0.3) is 0 Å². The molecule has 0 aromatic carbocycles. The van der Waals surface area contributed by atoms with Crippen LogP contribution in [0.5, 0.6) is 0 Å². The smallest absolute Gasteiger partial charge is 0.132 e. The van der Waals surface area contributed by atoms with Gasteiger partial charge in [0.2, 0.25) is 0 Å². The highest BCUT2D eigenvalue weighted by Crippen LogP contribution is 2.23. The monoisotopic (exact) mass is 256 g/mol. The van der Waals surface area contributed by atoms with Crippen LogP contribution in [-0.2, 0) is 0 Å². The number of aromatic nitrogens is 2. The van der Waals surface area contributed by atoms with Gasteiger partial charge in [-0.1, -0.05) is 13.8 Å². The van der Waals surface area contributed by atoms with Gasteiger partial charge in [-0.2, -0.15) is 0 Å². The molecule has 0 radical (unpaired) electrons. The van der Waals surface area contributed by atoms with Gasteiger partial charge in [-0.15, -0.1) is 0 Å². The quantitative estimate of drug-likeness (QED) is 0.770. The summed E-state index contributed by atoms with van der Waals surface area (Å²) in [5.74, 6) is 1.47. The third kappa shape index (κ3) is 2.32. The van der Waals surface area contributed by atoms with E-state index in [2.05, 4.69) is 39.7 Å². The fourth-order valence-electron chi connectivity index (χ4n) is 1.45. The highest BCUT2D eigenvalue weighted by Gasteiger charge is 2.13. The predicted octanol–water partition coefficient (Wildman–Crippen LogP) is 3.76. The SMILES string of the molecule is CCC(CC)c1nc(C)c(C)c(Br)n1. The van der Waals surface area contributed by atoms with Crippen molar-refractivity contribution in [3.8, 4) is 0 Å². The Hall–Kier alpha value is -0.440. The van der Waals surface area contributed by atoms with E-state index in [1.54, 1.807) is 0 Å². The molecule has 0 saturated heterocycles. The summed E-state index contributed by atoms with van der Waals surface area (Å²) in [6, 6.07) is 0. The molecule has 3 heteroatoms. The predicted molar refractivity (Wildman–Crippen MR) is 62.5 cm³/mol. The van der Waals surface area contributed by atoms with E-state index in [9.17, 15) is 0 Å². The fourth-order valence-corrected chi connectivity index (χ4v) is 1.92. The molecule has 0 spiro atoms. The molecule has 0 saturated carbocycles. The Labute approximate surface area is 94.3 Å². The van der Waals surface area contributed by atoms with Crippen molar-refractivity contribution in [1.29, 1.82) is 0 Å². The first-order valence-electron chi connectivity index (χ1n) is 5.10. The normalized spacial score (nSPS) is 11.0. The van der Waals surface area contributed by atoms with Gasteiger partial charge in [-0.05, 0) is 42.6 Å². The Kier molecular flexibility index (Phi) is 4.05. The molecule has 1 heterocycles. The first kappa shape index (κ1) is 11.6. The molecule has 0 aliphatic rings. The molecule has 78 valence electrons. The molecule has 0 aliphatic carbocycles. The van der Waals surface area contributed by atoms with Crippen LogP contribution in [-0.4, -0.2) is 9.97 Å². The van der Waals surface area contributed by atoms with E-state index in [4.69, 9.17) is 0 Å². The zero-order valence-electron chi connectivity index (χ0n) is 9.26. The minimum Gasteiger partial charge on any atom is -0.238 e. The Morgan fingerprint density at radius 3 is 2.14 bits per heavy atom. The zero-order valence-corrected chi connectivity index (χ0v) is 10.8. The molecule has 0 bridgehead atoms. The summed E-state index contributed by atoms with van der Waals surface area (Å²) in [6.07, 6.45) is 2.21. The second kappa shape index (κ2) is 4.87. The number of hydrogen-bond acceptors (Lipinski definition) is 2. The Bertz CT molecular complexity index is 296. The fraction of sp³-hybridized carbons (Fsp3) is 0.636. The minimum atomic E-state index is 0.491. The molecule has 0 amide bonds. The lowest BCUT2D eigenvalue weighted by atomic mass is 10.0. The van der Waals surface area contributed by atoms with Gasteiger partial charge in [0.15, 0.2) is 0 Å². The number of aryl methyl sites for hydroxylation is 1. The number of hydrogen-bond donors (Lipinski definition) is 0. The van der Waals surface area contributed by atoms with E-state index in [0.717, 1.165) is 34.5 Å². The van der Waals surface area contributed by atoms with Crippen molar-refractivity contribution in [3.05, 3.63) is 21.7 Å². The van der Waals surface area contributed by atoms with Crippen molar-refractivity contribution in [2.75, 3.05) is 0 Å². The number of nitrogens with zero attached hydrogens (tertiary/aromatic N) is 2. The lowest BCUT2D eigenvalue weighted by Gasteiger charge is -2.13. The summed E-state index contributed by atoms with van der Waals surface area (Å²) in [5.41, 5.74) is 2.22. The molecule has 0 unspecified atom stereocenters. The van der Waals surface area contributed by atoms with E-state index >= 15 is 0 Å². The largest absolute Gasteiger partial charge is 0.238 e. The van der Waals surface area contributed by atoms with Crippen molar-refractivity contribution < 1.29 is 0 Å². The van der Waals surface area contributed by atoms with Crippen LogP contribution in [0.15, 0.2) is 4.60 Å². The maximum Gasteiger partial charge on any atom is 0.132 e. The second-order valence-corrected chi connectivity index (χ2v) is 4.35. The molecule has 1 aromatic heterocycles. The van der Waals surface area contributed by atoms with E-state index in [0.29, 0.717) is 5.92 Å². The van der Waals surface area contributed by atoms with E-state index < -0.39 is 0 Å². The van der Waals surface area contributed by atoms with E-state index in [1.165, 1.54) is 0 Å². The molecule has 2 nitrogen and oxygen atoms in total. The molecule has 0 N–H and O–H groups in total. The number of rotatable bonds is 3. The van der Waals surface area contributed by atoms with Gasteiger partial charge in [-0.25, -0.2) is 9.97 Å². The molecule has 0 aliphatic heterocycles. The molecule has 1 aromatic rings. The van der Waals surface area contributed by atoms with Gasteiger partial charge in [0.05, 0.1) is 0 Å². The van der Waals surface area contributed by atoms with Gasteiger partial charge >= 0.3 is 0 Å². The first-order chi connectivity index (χ1) is 6.60. The van der Waals surface area contributed by atoms with Crippen molar-refractivity contribution in [2.45, 2.75) is 46.5 Å². The topological polar surface area (TPSA) is 25.8 Å².